The Morgan fingerprint density at radius 2 is 2.46 bits per heavy atom. The summed E-state index contributed by atoms with van der Waals surface area (Å²) in [6, 6.07) is 2.15. The molecule has 1 nitrogen and oxygen atoms in total. The summed E-state index contributed by atoms with van der Waals surface area (Å²) in [4.78, 5) is 0. The van der Waals surface area contributed by atoms with Crippen LogP contribution in [0.25, 0.3) is 0 Å². The Morgan fingerprint density at radius 1 is 1.69 bits per heavy atom. The van der Waals surface area contributed by atoms with Crippen molar-refractivity contribution in [3.05, 3.63) is 20.8 Å². The molecule has 4 heteroatoms. The topological polar surface area (TPSA) is 20.2 Å². The monoisotopic (exact) mass is 280 g/mol. The number of rotatable bonds is 5. The van der Waals surface area contributed by atoms with Crippen molar-refractivity contribution in [3.63, 3.8) is 0 Å². The van der Waals surface area contributed by atoms with Gasteiger partial charge in [-0.2, -0.15) is 11.8 Å². The minimum Gasteiger partial charge on any atom is -0.396 e. The van der Waals surface area contributed by atoms with E-state index < -0.39 is 0 Å². The van der Waals surface area contributed by atoms with Crippen LogP contribution in [0.5, 0.6) is 0 Å². The van der Waals surface area contributed by atoms with Gasteiger partial charge in [-0.3, -0.25) is 0 Å². The summed E-state index contributed by atoms with van der Waals surface area (Å²) >= 11 is 7.04. The highest BCUT2D eigenvalue weighted by Gasteiger charge is 2.01. The lowest BCUT2D eigenvalue weighted by Crippen LogP contribution is -2.03. The lowest BCUT2D eigenvalue weighted by atomic mass is 10.2. The highest BCUT2D eigenvalue weighted by atomic mass is 79.9. The second-order valence-corrected chi connectivity index (χ2v) is 6.38. The zero-order valence-electron chi connectivity index (χ0n) is 7.50. The molecular weight excluding hydrogens is 268 g/mol. The van der Waals surface area contributed by atoms with Gasteiger partial charge in [0.25, 0.3) is 0 Å². The van der Waals surface area contributed by atoms with Crippen LogP contribution >= 0.6 is 39.0 Å². The number of thioether (sulfide) groups is 1. The van der Waals surface area contributed by atoms with Crippen LogP contribution in [-0.2, 0) is 5.75 Å². The van der Waals surface area contributed by atoms with E-state index in [1.165, 1.54) is 9.35 Å². The van der Waals surface area contributed by atoms with E-state index in [1.807, 2.05) is 11.8 Å². The smallest absolute Gasteiger partial charge is 0.0701 e. The van der Waals surface area contributed by atoms with Gasteiger partial charge in [-0.25, -0.2) is 0 Å². The zero-order valence-corrected chi connectivity index (χ0v) is 10.7. The first-order valence-corrected chi connectivity index (χ1v) is 6.96. The second kappa shape index (κ2) is 6.06. The third-order valence-corrected chi connectivity index (χ3v) is 4.50. The molecule has 1 unspecified atom stereocenters. The number of halogens is 1. The maximum absolute atomic E-state index is 8.82. The number of hydrogen-bond donors (Lipinski definition) is 1. The molecule has 0 aliphatic carbocycles. The second-order valence-electron chi connectivity index (χ2n) is 3.06. The van der Waals surface area contributed by atoms with Crippen molar-refractivity contribution in [3.8, 4) is 0 Å². The van der Waals surface area contributed by atoms with Crippen molar-refractivity contribution in [2.45, 2.75) is 12.7 Å². The summed E-state index contributed by atoms with van der Waals surface area (Å²) < 4.78 is 1.19. The molecule has 1 aromatic rings. The summed E-state index contributed by atoms with van der Waals surface area (Å²) in [5.41, 5.74) is 1.37. The molecule has 1 atom stereocenters. The van der Waals surface area contributed by atoms with Crippen LogP contribution in [0.1, 0.15) is 12.5 Å². The Labute approximate surface area is 95.7 Å². The van der Waals surface area contributed by atoms with Crippen LogP contribution in [-0.4, -0.2) is 17.5 Å². The molecule has 0 radical (unpaired) electrons. The van der Waals surface area contributed by atoms with Crippen LogP contribution in [0.3, 0.4) is 0 Å². The Kier molecular flexibility index (Phi) is 5.39. The van der Waals surface area contributed by atoms with Gasteiger partial charge in [-0.1, -0.05) is 6.92 Å². The Hall–Kier alpha value is 0.490. The summed E-state index contributed by atoms with van der Waals surface area (Å²) in [5.74, 6) is 2.49. The van der Waals surface area contributed by atoms with Crippen LogP contribution in [0.2, 0.25) is 0 Å². The first kappa shape index (κ1) is 11.6. The van der Waals surface area contributed by atoms with Gasteiger partial charge in [0, 0.05) is 12.4 Å². The van der Waals surface area contributed by atoms with Gasteiger partial charge < -0.3 is 5.11 Å². The highest BCUT2D eigenvalue weighted by molar-refractivity contribution is 9.11. The van der Waals surface area contributed by atoms with E-state index in [-0.39, 0.29) is 0 Å². The summed E-state index contributed by atoms with van der Waals surface area (Å²) in [6.07, 6.45) is 0. The maximum Gasteiger partial charge on any atom is 0.0701 e. The molecule has 0 amide bonds. The van der Waals surface area contributed by atoms with Gasteiger partial charge in [-0.15, -0.1) is 11.3 Å². The van der Waals surface area contributed by atoms with Crippen molar-refractivity contribution >= 4 is 39.0 Å². The standard InChI is InChI=1S/C9H13BrOS2/c1-7(3-11)4-12-5-8-2-9(10)13-6-8/h2,6-7,11H,3-5H2,1H3. The average molecular weight is 281 g/mol. The van der Waals surface area contributed by atoms with Gasteiger partial charge in [-0.05, 0) is 44.6 Å². The normalized spacial score (nSPS) is 13.2. The van der Waals surface area contributed by atoms with E-state index in [0.29, 0.717) is 12.5 Å². The molecule has 1 aromatic heterocycles. The van der Waals surface area contributed by atoms with Crippen LogP contribution in [0, 0.1) is 5.92 Å². The molecule has 1 heterocycles. The van der Waals surface area contributed by atoms with E-state index in [2.05, 4.69) is 34.3 Å². The minimum absolute atomic E-state index is 0.292. The molecule has 0 saturated heterocycles. The summed E-state index contributed by atoms with van der Waals surface area (Å²) in [5, 5.41) is 11.0. The predicted octanol–water partition coefficient (Wildman–Crippen LogP) is 3.37. The molecule has 0 spiro atoms. The van der Waals surface area contributed by atoms with Crippen LogP contribution < -0.4 is 0 Å². The third-order valence-electron chi connectivity index (χ3n) is 1.60. The molecule has 0 fully saturated rings. The van der Waals surface area contributed by atoms with Crippen molar-refractivity contribution < 1.29 is 5.11 Å². The molecule has 1 rings (SSSR count). The Bertz CT molecular complexity index is 250. The van der Waals surface area contributed by atoms with Crippen molar-refractivity contribution in [2.75, 3.05) is 12.4 Å². The fourth-order valence-corrected chi connectivity index (χ4v) is 3.19. The summed E-state index contributed by atoms with van der Waals surface area (Å²) in [6.45, 7) is 2.36. The molecular formula is C9H13BrOS2. The van der Waals surface area contributed by atoms with E-state index in [1.54, 1.807) is 11.3 Å². The predicted molar refractivity (Wildman–Crippen MR) is 64.4 cm³/mol. The Balaban J connectivity index is 2.20. The minimum atomic E-state index is 0.292. The first-order chi connectivity index (χ1) is 6.22. The number of thiophene rings is 1. The van der Waals surface area contributed by atoms with Gasteiger partial charge in [0.1, 0.15) is 0 Å². The largest absolute Gasteiger partial charge is 0.396 e. The van der Waals surface area contributed by atoms with Crippen molar-refractivity contribution in [2.24, 2.45) is 5.92 Å². The number of aliphatic hydroxyl groups excluding tert-OH is 1. The molecule has 0 aliphatic rings. The van der Waals surface area contributed by atoms with E-state index in [9.17, 15) is 0 Å². The quantitative estimate of drug-likeness (QED) is 0.893. The maximum atomic E-state index is 8.82. The molecule has 0 saturated carbocycles. The molecule has 13 heavy (non-hydrogen) atoms. The van der Waals surface area contributed by atoms with Crippen molar-refractivity contribution in [1.82, 2.24) is 0 Å². The van der Waals surface area contributed by atoms with Gasteiger partial charge >= 0.3 is 0 Å². The van der Waals surface area contributed by atoms with E-state index in [4.69, 9.17) is 5.11 Å². The summed E-state index contributed by atoms with van der Waals surface area (Å²) in [7, 11) is 0. The van der Waals surface area contributed by atoms with Gasteiger partial charge in [0.2, 0.25) is 0 Å². The fourth-order valence-electron chi connectivity index (χ4n) is 0.852. The molecule has 74 valence electrons. The fraction of sp³-hybridized carbons (Fsp3) is 0.556. The SMILES string of the molecule is CC(CO)CSCc1csc(Br)c1. The van der Waals surface area contributed by atoms with Crippen LogP contribution in [0.4, 0.5) is 0 Å². The number of hydrogen-bond acceptors (Lipinski definition) is 3. The van der Waals surface area contributed by atoms with Crippen LogP contribution in [0.15, 0.2) is 15.2 Å². The third kappa shape index (κ3) is 4.49. The van der Waals surface area contributed by atoms with E-state index >= 15 is 0 Å². The molecule has 0 aromatic carbocycles. The Morgan fingerprint density at radius 3 is 3.00 bits per heavy atom. The lowest BCUT2D eigenvalue weighted by Gasteiger charge is -2.05. The average Bonchev–Trinajstić information content (AvgIpc) is 2.51. The first-order valence-electron chi connectivity index (χ1n) is 4.14. The molecule has 1 N–H and O–H groups in total. The van der Waals surface area contributed by atoms with Crippen molar-refractivity contribution in [1.29, 1.82) is 0 Å². The molecule has 0 aliphatic heterocycles. The van der Waals surface area contributed by atoms with Gasteiger partial charge in [0.05, 0.1) is 3.79 Å². The lowest BCUT2D eigenvalue weighted by molar-refractivity contribution is 0.250. The highest BCUT2D eigenvalue weighted by Crippen LogP contribution is 2.24. The van der Waals surface area contributed by atoms with E-state index in [0.717, 1.165) is 11.5 Å². The zero-order chi connectivity index (χ0) is 9.68. The molecule has 0 bridgehead atoms. The van der Waals surface area contributed by atoms with Gasteiger partial charge in [0.15, 0.2) is 0 Å². The number of aliphatic hydroxyl groups is 1.